The maximum Gasteiger partial charge on any atom is 0.241 e. The number of fused-ring (bicyclic) bond motifs is 1. The normalized spacial score (nSPS) is 16.5. The van der Waals surface area contributed by atoms with Crippen molar-refractivity contribution in [3.05, 3.63) is 41.7 Å². The molecule has 9 nitrogen and oxygen atoms in total. The van der Waals surface area contributed by atoms with Crippen molar-refractivity contribution in [2.45, 2.75) is 43.7 Å². The predicted octanol–water partition coefficient (Wildman–Crippen LogP) is 2.60. The number of H-pyrrole nitrogens is 1. The van der Waals surface area contributed by atoms with Crippen LogP contribution in [0.5, 0.6) is 0 Å². The first-order chi connectivity index (χ1) is 15.2. The lowest BCUT2D eigenvalue weighted by Gasteiger charge is -2.33. The van der Waals surface area contributed by atoms with E-state index >= 15 is 0 Å². The standard InChI is InChI=1S/C21H27ClN6O3S/c1-14-6-10-28(11-7-14)21(29)18(8-12-27-9-2-3-19(27)23)26-32(30,31)15-4-5-17-16(13-15)20(22)25-24-17/h2-5,9,13-14,18,26H,6-8,10-12,23H2,1H3,(H,24,25). The summed E-state index contributed by atoms with van der Waals surface area (Å²) in [6.45, 7) is 3.82. The number of benzene rings is 1. The number of carbonyl (C=O) groups excluding carboxylic acids is 1. The van der Waals surface area contributed by atoms with E-state index in [9.17, 15) is 13.2 Å². The number of rotatable bonds is 7. The number of aryl methyl sites for hydroxylation is 1. The highest BCUT2D eigenvalue weighted by Crippen LogP contribution is 2.24. The largest absolute Gasteiger partial charge is 0.385 e. The van der Waals surface area contributed by atoms with Crippen LogP contribution in [0.25, 0.3) is 10.9 Å². The van der Waals surface area contributed by atoms with Crippen LogP contribution in [0.4, 0.5) is 5.82 Å². The van der Waals surface area contributed by atoms with Gasteiger partial charge in [-0.25, -0.2) is 8.42 Å². The molecule has 4 N–H and O–H groups in total. The summed E-state index contributed by atoms with van der Waals surface area (Å²) in [7, 11) is -3.98. The average Bonchev–Trinajstić information content (AvgIpc) is 3.36. The van der Waals surface area contributed by atoms with Crippen LogP contribution in [0, 0.1) is 5.92 Å². The zero-order chi connectivity index (χ0) is 22.9. The molecule has 0 saturated carbocycles. The molecule has 11 heteroatoms. The Hall–Kier alpha value is -2.56. The molecule has 1 fully saturated rings. The van der Waals surface area contributed by atoms with E-state index in [0.29, 0.717) is 42.3 Å². The summed E-state index contributed by atoms with van der Waals surface area (Å²) < 4.78 is 30.8. The van der Waals surface area contributed by atoms with Crippen LogP contribution < -0.4 is 10.5 Å². The maximum absolute atomic E-state index is 13.3. The molecule has 1 aromatic carbocycles. The van der Waals surface area contributed by atoms with E-state index in [2.05, 4.69) is 21.8 Å². The molecular formula is C21H27ClN6O3S. The van der Waals surface area contributed by atoms with Gasteiger partial charge in [-0.15, -0.1) is 0 Å². The Balaban J connectivity index is 1.58. The van der Waals surface area contributed by atoms with Gasteiger partial charge in [0.1, 0.15) is 17.0 Å². The Kier molecular flexibility index (Phi) is 6.45. The number of piperidine rings is 1. The van der Waals surface area contributed by atoms with E-state index in [-0.39, 0.29) is 22.4 Å². The molecule has 2 aromatic heterocycles. The number of aromatic nitrogens is 3. The molecule has 0 aliphatic carbocycles. The molecule has 1 aliphatic rings. The quantitative estimate of drug-likeness (QED) is 0.481. The summed E-state index contributed by atoms with van der Waals surface area (Å²) in [5, 5.41) is 7.41. The highest BCUT2D eigenvalue weighted by atomic mass is 35.5. The van der Waals surface area contributed by atoms with Crippen LogP contribution in [0.15, 0.2) is 41.4 Å². The Labute approximate surface area is 192 Å². The van der Waals surface area contributed by atoms with Gasteiger partial charge in [-0.05, 0) is 55.5 Å². The van der Waals surface area contributed by atoms with Crippen molar-refractivity contribution in [3.8, 4) is 0 Å². The second-order valence-corrected chi connectivity index (χ2v) is 10.4. The number of halogens is 1. The van der Waals surface area contributed by atoms with Crippen molar-refractivity contribution in [2.75, 3.05) is 18.8 Å². The monoisotopic (exact) mass is 478 g/mol. The summed E-state index contributed by atoms with van der Waals surface area (Å²) in [6.07, 6.45) is 3.90. The van der Waals surface area contributed by atoms with E-state index in [1.807, 2.05) is 12.3 Å². The van der Waals surface area contributed by atoms with E-state index in [1.165, 1.54) is 12.1 Å². The van der Waals surface area contributed by atoms with Gasteiger partial charge in [-0.3, -0.25) is 9.89 Å². The summed E-state index contributed by atoms with van der Waals surface area (Å²) in [5.74, 6) is 0.903. The molecule has 1 unspecified atom stereocenters. The first kappa shape index (κ1) is 22.6. The van der Waals surface area contributed by atoms with Crippen molar-refractivity contribution < 1.29 is 13.2 Å². The molecule has 0 spiro atoms. The number of sulfonamides is 1. The third-order valence-corrected chi connectivity index (χ3v) is 7.76. The van der Waals surface area contributed by atoms with E-state index in [0.717, 1.165) is 12.8 Å². The van der Waals surface area contributed by atoms with Gasteiger partial charge in [-0.1, -0.05) is 18.5 Å². The van der Waals surface area contributed by atoms with Crippen LogP contribution in [0.3, 0.4) is 0 Å². The highest BCUT2D eigenvalue weighted by molar-refractivity contribution is 7.89. The summed E-state index contributed by atoms with van der Waals surface area (Å²) >= 11 is 6.08. The number of hydrogen-bond donors (Lipinski definition) is 3. The number of anilines is 1. The Bertz CT molecular complexity index is 1210. The van der Waals surface area contributed by atoms with Crippen molar-refractivity contribution in [3.63, 3.8) is 0 Å². The molecule has 172 valence electrons. The smallest absolute Gasteiger partial charge is 0.241 e. The van der Waals surface area contributed by atoms with Gasteiger partial charge in [0.2, 0.25) is 15.9 Å². The lowest BCUT2D eigenvalue weighted by atomic mass is 9.98. The van der Waals surface area contributed by atoms with Gasteiger partial charge in [-0.2, -0.15) is 9.82 Å². The van der Waals surface area contributed by atoms with E-state index < -0.39 is 16.1 Å². The van der Waals surface area contributed by atoms with Gasteiger partial charge >= 0.3 is 0 Å². The minimum atomic E-state index is -3.98. The number of amides is 1. The molecule has 3 aromatic rings. The summed E-state index contributed by atoms with van der Waals surface area (Å²) in [6, 6.07) is 7.15. The molecule has 1 aliphatic heterocycles. The van der Waals surface area contributed by atoms with Gasteiger partial charge in [0.15, 0.2) is 0 Å². The number of carbonyl (C=O) groups is 1. The molecule has 0 radical (unpaired) electrons. The van der Waals surface area contributed by atoms with E-state index in [1.54, 1.807) is 21.6 Å². The molecule has 3 heterocycles. The highest BCUT2D eigenvalue weighted by Gasteiger charge is 2.31. The van der Waals surface area contributed by atoms with Crippen LogP contribution >= 0.6 is 11.6 Å². The molecule has 1 atom stereocenters. The average molecular weight is 479 g/mol. The first-order valence-electron chi connectivity index (χ1n) is 10.6. The van der Waals surface area contributed by atoms with Crippen LogP contribution in [-0.2, 0) is 21.4 Å². The van der Waals surface area contributed by atoms with Crippen molar-refractivity contribution >= 4 is 44.3 Å². The molecule has 32 heavy (non-hydrogen) atoms. The third-order valence-electron chi connectivity index (χ3n) is 6.00. The number of nitrogens with one attached hydrogen (secondary N) is 2. The number of likely N-dealkylation sites (tertiary alicyclic amines) is 1. The van der Waals surface area contributed by atoms with E-state index in [4.69, 9.17) is 17.3 Å². The first-order valence-corrected chi connectivity index (χ1v) is 12.5. The van der Waals surface area contributed by atoms with Crippen molar-refractivity contribution in [1.82, 2.24) is 24.4 Å². The molecule has 1 amide bonds. The zero-order valence-corrected chi connectivity index (χ0v) is 19.4. The lowest BCUT2D eigenvalue weighted by Crippen LogP contribution is -2.50. The van der Waals surface area contributed by atoms with Crippen LogP contribution in [-0.4, -0.2) is 53.1 Å². The van der Waals surface area contributed by atoms with Gasteiger partial charge < -0.3 is 15.2 Å². The number of aromatic amines is 1. The number of nitrogens with zero attached hydrogens (tertiary/aromatic N) is 3. The van der Waals surface area contributed by atoms with Crippen molar-refractivity contribution in [1.29, 1.82) is 0 Å². The Morgan fingerprint density at radius 3 is 2.78 bits per heavy atom. The van der Waals surface area contributed by atoms with Crippen LogP contribution in [0.2, 0.25) is 5.15 Å². The van der Waals surface area contributed by atoms with Gasteiger partial charge in [0.25, 0.3) is 0 Å². The summed E-state index contributed by atoms with van der Waals surface area (Å²) in [5.41, 5.74) is 6.51. The second-order valence-electron chi connectivity index (χ2n) is 8.31. The number of nitrogen functional groups attached to an aromatic ring is 1. The van der Waals surface area contributed by atoms with Crippen LogP contribution in [0.1, 0.15) is 26.2 Å². The SMILES string of the molecule is CC1CCN(C(=O)C(CCn2cccc2N)NS(=O)(=O)c2ccc3n[nH]c(Cl)c3c2)CC1. The minimum Gasteiger partial charge on any atom is -0.385 e. The Morgan fingerprint density at radius 1 is 1.34 bits per heavy atom. The fraction of sp³-hybridized carbons (Fsp3) is 0.429. The molecule has 1 saturated heterocycles. The van der Waals surface area contributed by atoms with Gasteiger partial charge in [0, 0.05) is 31.2 Å². The van der Waals surface area contributed by atoms with Crippen molar-refractivity contribution in [2.24, 2.45) is 5.92 Å². The second kappa shape index (κ2) is 9.13. The molecule has 4 rings (SSSR count). The zero-order valence-electron chi connectivity index (χ0n) is 17.8. The third kappa shape index (κ3) is 4.77. The minimum absolute atomic E-state index is 0.0267. The topological polar surface area (TPSA) is 126 Å². The summed E-state index contributed by atoms with van der Waals surface area (Å²) in [4.78, 5) is 15.1. The Morgan fingerprint density at radius 2 is 2.09 bits per heavy atom. The number of nitrogens with two attached hydrogens (primary N) is 1. The van der Waals surface area contributed by atoms with Gasteiger partial charge in [0.05, 0.1) is 10.4 Å². The lowest BCUT2D eigenvalue weighted by molar-refractivity contribution is -0.134. The predicted molar refractivity (Wildman–Crippen MR) is 124 cm³/mol. The maximum atomic E-state index is 13.3. The fourth-order valence-corrected chi connectivity index (χ4v) is 5.40. The molecule has 0 bridgehead atoms. The molecular weight excluding hydrogens is 452 g/mol. The fourth-order valence-electron chi connectivity index (χ4n) is 3.96. The number of hydrogen-bond acceptors (Lipinski definition) is 5.